The standard InChI is InChI=1S/C16H24N4O/c1-2-13(1)12-20-9-10-21-15-4-8-19(7-3-14(15)20)16-11-17-5-6-18-16/h5-6,11,13-15H,1-4,7-10,12H2. The van der Waals surface area contributed by atoms with Crippen LogP contribution in [0.5, 0.6) is 0 Å². The Hall–Kier alpha value is -1.20. The molecule has 1 aromatic heterocycles. The van der Waals surface area contributed by atoms with Crippen LogP contribution >= 0.6 is 0 Å². The molecule has 0 bridgehead atoms. The molecule has 2 unspecified atom stereocenters. The van der Waals surface area contributed by atoms with Crippen LogP contribution in [-0.4, -0.2) is 59.8 Å². The van der Waals surface area contributed by atoms with Crippen molar-refractivity contribution in [3.05, 3.63) is 18.6 Å². The van der Waals surface area contributed by atoms with E-state index in [1.807, 2.05) is 6.20 Å². The monoisotopic (exact) mass is 288 g/mol. The molecule has 21 heavy (non-hydrogen) atoms. The van der Waals surface area contributed by atoms with Crippen LogP contribution in [0.4, 0.5) is 5.82 Å². The van der Waals surface area contributed by atoms with Gasteiger partial charge in [-0.15, -0.1) is 0 Å². The zero-order valence-electron chi connectivity index (χ0n) is 12.5. The zero-order valence-corrected chi connectivity index (χ0v) is 12.5. The summed E-state index contributed by atoms with van der Waals surface area (Å²) in [5.41, 5.74) is 0. The number of rotatable bonds is 3. The molecule has 0 N–H and O–H groups in total. The molecule has 3 fully saturated rings. The fourth-order valence-corrected chi connectivity index (χ4v) is 3.70. The maximum absolute atomic E-state index is 6.07. The fraction of sp³-hybridized carbons (Fsp3) is 0.750. The summed E-state index contributed by atoms with van der Waals surface area (Å²) >= 11 is 0. The van der Waals surface area contributed by atoms with Crippen LogP contribution in [0.25, 0.3) is 0 Å². The first-order valence-electron chi connectivity index (χ1n) is 8.27. The minimum absolute atomic E-state index is 0.402. The van der Waals surface area contributed by atoms with E-state index < -0.39 is 0 Å². The van der Waals surface area contributed by atoms with Crippen LogP contribution < -0.4 is 4.90 Å². The lowest BCUT2D eigenvalue weighted by Crippen LogP contribution is -2.51. The number of anilines is 1. The molecule has 0 spiro atoms. The summed E-state index contributed by atoms with van der Waals surface area (Å²) in [4.78, 5) is 13.7. The smallest absolute Gasteiger partial charge is 0.147 e. The Kier molecular flexibility index (Phi) is 3.78. The van der Waals surface area contributed by atoms with Crippen molar-refractivity contribution in [2.45, 2.75) is 37.8 Å². The number of aromatic nitrogens is 2. The van der Waals surface area contributed by atoms with Crippen LogP contribution in [-0.2, 0) is 4.74 Å². The number of nitrogens with zero attached hydrogens (tertiary/aromatic N) is 4. The van der Waals surface area contributed by atoms with Gasteiger partial charge in [0.2, 0.25) is 0 Å². The highest BCUT2D eigenvalue weighted by Gasteiger charge is 2.37. The van der Waals surface area contributed by atoms with Gasteiger partial charge in [-0.2, -0.15) is 0 Å². The lowest BCUT2D eigenvalue weighted by molar-refractivity contribution is -0.0726. The van der Waals surface area contributed by atoms with Crippen molar-refractivity contribution in [3.63, 3.8) is 0 Å². The van der Waals surface area contributed by atoms with E-state index in [0.29, 0.717) is 12.1 Å². The summed E-state index contributed by atoms with van der Waals surface area (Å²) < 4.78 is 6.07. The fourth-order valence-electron chi connectivity index (χ4n) is 3.70. The molecule has 3 aliphatic rings. The van der Waals surface area contributed by atoms with Crippen LogP contribution in [0.2, 0.25) is 0 Å². The number of hydrogen-bond donors (Lipinski definition) is 0. The van der Waals surface area contributed by atoms with Gasteiger partial charge >= 0.3 is 0 Å². The molecular formula is C16H24N4O. The largest absolute Gasteiger partial charge is 0.375 e. The van der Waals surface area contributed by atoms with Crippen LogP contribution in [0.1, 0.15) is 25.7 Å². The Morgan fingerprint density at radius 3 is 2.81 bits per heavy atom. The second-order valence-corrected chi connectivity index (χ2v) is 6.54. The topological polar surface area (TPSA) is 41.5 Å². The minimum atomic E-state index is 0.402. The van der Waals surface area contributed by atoms with Crippen molar-refractivity contribution in [2.24, 2.45) is 5.92 Å². The van der Waals surface area contributed by atoms with E-state index in [-0.39, 0.29) is 0 Å². The molecule has 0 amide bonds. The molecule has 1 saturated carbocycles. The van der Waals surface area contributed by atoms with Gasteiger partial charge in [0.05, 0.1) is 18.9 Å². The van der Waals surface area contributed by atoms with Gasteiger partial charge in [0.15, 0.2) is 0 Å². The number of fused-ring (bicyclic) bond motifs is 1. The highest BCUT2D eigenvalue weighted by molar-refractivity contribution is 5.35. The van der Waals surface area contributed by atoms with Crippen molar-refractivity contribution < 1.29 is 4.74 Å². The molecule has 5 nitrogen and oxygen atoms in total. The van der Waals surface area contributed by atoms with E-state index in [2.05, 4.69) is 19.8 Å². The third-order valence-electron chi connectivity index (χ3n) is 5.05. The predicted octanol–water partition coefficient (Wildman–Crippen LogP) is 1.56. The lowest BCUT2D eigenvalue weighted by atomic mass is 10.0. The molecule has 4 rings (SSSR count). The summed E-state index contributed by atoms with van der Waals surface area (Å²) in [6, 6.07) is 0.598. The molecule has 114 valence electrons. The van der Waals surface area contributed by atoms with E-state index in [4.69, 9.17) is 4.74 Å². The second kappa shape index (κ2) is 5.89. The summed E-state index contributed by atoms with van der Waals surface area (Å²) in [5.74, 6) is 1.97. The molecule has 2 aliphatic heterocycles. The maximum Gasteiger partial charge on any atom is 0.147 e. The first kappa shape index (κ1) is 13.5. The highest BCUT2D eigenvalue weighted by atomic mass is 16.5. The second-order valence-electron chi connectivity index (χ2n) is 6.54. The zero-order chi connectivity index (χ0) is 14.1. The molecule has 0 radical (unpaired) electrons. The Balaban J connectivity index is 1.45. The Bertz CT molecular complexity index is 465. The average Bonchev–Trinajstić information content (AvgIpc) is 3.35. The number of morpholine rings is 1. The molecule has 1 aromatic rings. The van der Waals surface area contributed by atoms with E-state index in [9.17, 15) is 0 Å². The van der Waals surface area contributed by atoms with E-state index in [1.54, 1.807) is 12.4 Å². The van der Waals surface area contributed by atoms with E-state index in [0.717, 1.165) is 44.4 Å². The van der Waals surface area contributed by atoms with Crippen LogP contribution in [0, 0.1) is 5.92 Å². The van der Waals surface area contributed by atoms with Gasteiger partial charge in [0.25, 0.3) is 0 Å². The number of ether oxygens (including phenoxy) is 1. The van der Waals surface area contributed by atoms with Crippen molar-refractivity contribution in [3.8, 4) is 0 Å². The SMILES string of the molecule is c1cnc(N2CCC3OCCN(CC4CC4)C3CC2)cn1. The summed E-state index contributed by atoms with van der Waals surface area (Å²) in [5, 5.41) is 0. The Morgan fingerprint density at radius 2 is 2.00 bits per heavy atom. The van der Waals surface area contributed by atoms with Crippen molar-refractivity contribution in [1.82, 2.24) is 14.9 Å². The van der Waals surface area contributed by atoms with Gasteiger partial charge in [-0.25, -0.2) is 4.98 Å². The third-order valence-corrected chi connectivity index (χ3v) is 5.05. The molecule has 0 aromatic carbocycles. The van der Waals surface area contributed by atoms with Crippen molar-refractivity contribution in [1.29, 1.82) is 0 Å². The van der Waals surface area contributed by atoms with Gasteiger partial charge in [0.1, 0.15) is 5.82 Å². The molecule has 2 saturated heterocycles. The lowest BCUT2D eigenvalue weighted by Gasteiger charge is -2.40. The minimum Gasteiger partial charge on any atom is -0.375 e. The van der Waals surface area contributed by atoms with E-state index >= 15 is 0 Å². The Labute approximate surface area is 126 Å². The van der Waals surface area contributed by atoms with Gasteiger partial charge in [-0.3, -0.25) is 9.88 Å². The Morgan fingerprint density at radius 1 is 1.10 bits per heavy atom. The van der Waals surface area contributed by atoms with Crippen LogP contribution in [0.15, 0.2) is 18.6 Å². The first-order valence-corrected chi connectivity index (χ1v) is 8.27. The van der Waals surface area contributed by atoms with Crippen molar-refractivity contribution in [2.75, 3.05) is 37.7 Å². The van der Waals surface area contributed by atoms with E-state index in [1.165, 1.54) is 25.8 Å². The summed E-state index contributed by atoms with van der Waals surface area (Å²) in [7, 11) is 0. The summed E-state index contributed by atoms with van der Waals surface area (Å²) in [6.07, 6.45) is 10.9. The van der Waals surface area contributed by atoms with Crippen molar-refractivity contribution >= 4 is 5.82 Å². The molecule has 1 aliphatic carbocycles. The first-order chi connectivity index (χ1) is 10.4. The average molecular weight is 288 g/mol. The van der Waals surface area contributed by atoms with Gasteiger partial charge in [-0.05, 0) is 31.6 Å². The highest BCUT2D eigenvalue weighted by Crippen LogP contribution is 2.33. The third kappa shape index (κ3) is 3.04. The molecule has 5 heteroatoms. The molecule has 2 atom stereocenters. The quantitative estimate of drug-likeness (QED) is 0.844. The van der Waals surface area contributed by atoms with Gasteiger partial charge in [0, 0.05) is 44.6 Å². The maximum atomic E-state index is 6.07. The normalized spacial score (nSPS) is 30.8. The van der Waals surface area contributed by atoms with Gasteiger partial charge in [-0.1, -0.05) is 0 Å². The molecular weight excluding hydrogens is 264 g/mol. The molecule has 3 heterocycles. The van der Waals surface area contributed by atoms with Gasteiger partial charge < -0.3 is 9.64 Å². The summed E-state index contributed by atoms with van der Waals surface area (Å²) in [6.45, 7) is 5.39. The van der Waals surface area contributed by atoms with Crippen LogP contribution in [0.3, 0.4) is 0 Å². The predicted molar refractivity (Wildman–Crippen MR) is 81.3 cm³/mol. The number of hydrogen-bond acceptors (Lipinski definition) is 5.